The molecule has 5 nitrogen and oxygen atoms in total. The van der Waals surface area contributed by atoms with E-state index in [0.29, 0.717) is 5.69 Å². The van der Waals surface area contributed by atoms with Gasteiger partial charge < -0.3 is 5.32 Å². The SMILES string of the molecule is O=C(CN(c1ccccc1F)S(=O)(=O)c1ccccc1)Nc1ccc(I)cc1. The predicted molar refractivity (Wildman–Crippen MR) is 115 cm³/mol. The molecule has 0 aliphatic carbocycles. The Bertz CT molecular complexity index is 1070. The van der Waals surface area contributed by atoms with Crippen LogP contribution in [-0.2, 0) is 14.8 Å². The molecule has 0 fully saturated rings. The molecule has 0 saturated carbocycles. The fourth-order valence-electron chi connectivity index (χ4n) is 2.54. The summed E-state index contributed by atoms with van der Waals surface area (Å²) in [6, 6.07) is 20.1. The van der Waals surface area contributed by atoms with Gasteiger partial charge in [0.15, 0.2) is 0 Å². The van der Waals surface area contributed by atoms with Crippen LogP contribution in [0.25, 0.3) is 0 Å². The number of amides is 1. The molecule has 3 rings (SSSR count). The van der Waals surface area contributed by atoms with Crippen molar-refractivity contribution in [3.8, 4) is 0 Å². The maximum absolute atomic E-state index is 14.4. The Morgan fingerprint density at radius 2 is 1.54 bits per heavy atom. The zero-order valence-corrected chi connectivity index (χ0v) is 17.5. The Kier molecular flexibility index (Phi) is 6.30. The lowest BCUT2D eigenvalue weighted by Crippen LogP contribution is -2.38. The first-order valence-electron chi connectivity index (χ1n) is 8.25. The summed E-state index contributed by atoms with van der Waals surface area (Å²) < 4.78 is 42.3. The predicted octanol–water partition coefficient (Wildman–Crippen LogP) is 4.26. The van der Waals surface area contributed by atoms with Crippen molar-refractivity contribution in [2.24, 2.45) is 0 Å². The maximum atomic E-state index is 14.4. The van der Waals surface area contributed by atoms with E-state index in [1.54, 1.807) is 30.3 Å². The van der Waals surface area contributed by atoms with Crippen LogP contribution in [0.2, 0.25) is 0 Å². The Balaban J connectivity index is 1.94. The average Bonchev–Trinajstić information content (AvgIpc) is 2.69. The fraction of sp³-hybridized carbons (Fsp3) is 0.0500. The first-order chi connectivity index (χ1) is 13.4. The largest absolute Gasteiger partial charge is 0.325 e. The summed E-state index contributed by atoms with van der Waals surface area (Å²) >= 11 is 2.14. The average molecular weight is 510 g/mol. The third-order valence-corrected chi connectivity index (χ3v) is 6.36. The highest BCUT2D eigenvalue weighted by Crippen LogP contribution is 2.26. The van der Waals surface area contributed by atoms with E-state index in [1.807, 2.05) is 12.1 Å². The first kappa shape index (κ1) is 20.3. The van der Waals surface area contributed by atoms with Gasteiger partial charge >= 0.3 is 0 Å². The Hall–Kier alpha value is -2.46. The second-order valence-electron chi connectivity index (χ2n) is 5.83. The van der Waals surface area contributed by atoms with Gasteiger partial charge in [-0.3, -0.25) is 9.10 Å². The first-order valence-corrected chi connectivity index (χ1v) is 10.8. The molecule has 8 heteroatoms. The Labute approximate surface area is 176 Å². The van der Waals surface area contributed by atoms with Crippen molar-refractivity contribution in [2.75, 3.05) is 16.2 Å². The second kappa shape index (κ2) is 8.70. The molecule has 1 amide bonds. The topological polar surface area (TPSA) is 66.5 Å². The third-order valence-electron chi connectivity index (χ3n) is 3.87. The normalized spacial score (nSPS) is 11.1. The molecular weight excluding hydrogens is 494 g/mol. The smallest absolute Gasteiger partial charge is 0.264 e. The molecule has 3 aromatic rings. The number of carbonyl (C=O) groups excluding carboxylic acids is 1. The maximum Gasteiger partial charge on any atom is 0.264 e. The summed E-state index contributed by atoms with van der Waals surface area (Å²) in [6.45, 7) is -0.565. The van der Waals surface area contributed by atoms with E-state index in [0.717, 1.165) is 13.9 Å². The van der Waals surface area contributed by atoms with E-state index in [2.05, 4.69) is 27.9 Å². The summed E-state index contributed by atoms with van der Waals surface area (Å²) in [5, 5.41) is 2.64. The lowest BCUT2D eigenvalue weighted by molar-refractivity contribution is -0.114. The van der Waals surface area contributed by atoms with Gasteiger partial charge in [-0.25, -0.2) is 12.8 Å². The van der Waals surface area contributed by atoms with E-state index >= 15 is 0 Å². The lowest BCUT2D eigenvalue weighted by atomic mass is 10.3. The third kappa shape index (κ3) is 4.68. The number of nitrogens with one attached hydrogen (secondary N) is 1. The van der Waals surface area contributed by atoms with Crippen molar-refractivity contribution < 1.29 is 17.6 Å². The summed E-state index contributed by atoms with van der Waals surface area (Å²) in [7, 11) is -4.14. The molecule has 0 heterocycles. The number of benzene rings is 3. The molecule has 0 bridgehead atoms. The monoisotopic (exact) mass is 510 g/mol. The molecule has 0 aliphatic heterocycles. The molecule has 0 unspecified atom stereocenters. The molecule has 0 aliphatic rings. The molecule has 0 saturated heterocycles. The van der Waals surface area contributed by atoms with E-state index in [1.165, 1.54) is 30.3 Å². The molecular formula is C20H16FIN2O3S. The molecule has 3 aromatic carbocycles. The molecule has 0 radical (unpaired) electrons. The number of para-hydroxylation sites is 1. The number of hydrogen-bond acceptors (Lipinski definition) is 3. The number of carbonyl (C=O) groups is 1. The number of anilines is 2. The fourth-order valence-corrected chi connectivity index (χ4v) is 4.35. The van der Waals surface area contributed by atoms with E-state index in [-0.39, 0.29) is 10.6 Å². The van der Waals surface area contributed by atoms with E-state index in [4.69, 9.17) is 0 Å². The van der Waals surface area contributed by atoms with Gasteiger partial charge in [0.1, 0.15) is 12.4 Å². The van der Waals surface area contributed by atoms with Gasteiger partial charge in [0.2, 0.25) is 5.91 Å². The zero-order valence-electron chi connectivity index (χ0n) is 14.5. The van der Waals surface area contributed by atoms with Gasteiger partial charge in [-0.15, -0.1) is 0 Å². The van der Waals surface area contributed by atoms with E-state index in [9.17, 15) is 17.6 Å². The van der Waals surface area contributed by atoms with Crippen LogP contribution in [0.15, 0.2) is 83.8 Å². The van der Waals surface area contributed by atoms with Crippen LogP contribution in [0.5, 0.6) is 0 Å². The number of sulfonamides is 1. The lowest BCUT2D eigenvalue weighted by Gasteiger charge is -2.24. The van der Waals surface area contributed by atoms with Gasteiger partial charge in [-0.1, -0.05) is 30.3 Å². The van der Waals surface area contributed by atoms with Gasteiger partial charge in [0, 0.05) is 9.26 Å². The van der Waals surface area contributed by atoms with Crippen LogP contribution in [0.3, 0.4) is 0 Å². The number of hydrogen-bond donors (Lipinski definition) is 1. The Morgan fingerprint density at radius 1 is 0.929 bits per heavy atom. The summed E-state index contributed by atoms with van der Waals surface area (Å²) in [5.74, 6) is -1.31. The van der Waals surface area contributed by atoms with Gasteiger partial charge in [0.05, 0.1) is 10.6 Å². The minimum atomic E-state index is -4.14. The molecule has 144 valence electrons. The van der Waals surface area contributed by atoms with Crippen molar-refractivity contribution in [3.63, 3.8) is 0 Å². The van der Waals surface area contributed by atoms with Crippen molar-refractivity contribution in [1.29, 1.82) is 0 Å². The van der Waals surface area contributed by atoms with Crippen molar-refractivity contribution in [3.05, 3.63) is 88.3 Å². The summed E-state index contributed by atoms with van der Waals surface area (Å²) in [5.41, 5.74) is 0.333. The number of rotatable bonds is 6. The quantitative estimate of drug-likeness (QED) is 0.504. The minimum Gasteiger partial charge on any atom is -0.325 e. The van der Waals surface area contributed by atoms with Crippen molar-refractivity contribution in [1.82, 2.24) is 0 Å². The number of halogens is 2. The van der Waals surface area contributed by atoms with Crippen LogP contribution in [0.1, 0.15) is 0 Å². The van der Waals surface area contributed by atoms with Crippen LogP contribution >= 0.6 is 22.6 Å². The molecule has 0 aromatic heterocycles. The highest BCUT2D eigenvalue weighted by atomic mass is 127. The Morgan fingerprint density at radius 3 is 2.18 bits per heavy atom. The van der Waals surface area contributed by atoms with Crippen molar-refractivity contribution in [2.45, 2.75) is 4.90 Å². The standard InChI is InChI=1S/C20H16FIN2O3S/c21-18-8-4-5-9-19(18)24(28(26,27)17-6-2-1-3-7-17)14-20(25)23-16-12-10-15(22)11-13-16/h1-13H,14H2,(H,23,25). The molecule has 0 spiro atoms. The minimum absolute atomic E-state index is 0.0275. The summed E-state index contributed by atoms with van der Waals surface area (Å²) in [6.07, 6.45) is 0. The van der Waals surface area contributed by atoms with Gasteiger partial charge in [-0.05, 0) is 71.1 Å². The highest BCUT2D eigenvalue weighted by Gasteiger charge is 2.29. The van der Waals surface area contributed by atoms with Crippen LogP contribution in [0.4, 0.5) is 15.8 Å². The van der Waals surface area contributed by atoms with Gasteiger partial charge in [0.25, 0.3) is 10.0 Å². The van der Waals surface area contributed by atoms with Crippen LogP contribution < -0.4 is 9.62 Å². The van der Waals surface area contributed by atoms with Gasteiger partial charge in [-0.2, -0.15) is 0 Å². The van der Waals surface area contributed by atoms with Crippen LogP contribution in [0, 0.1) is 9.39 Å². The molecule has 28 heavy (non-hydrogen) atoms. The van der Waals surface area contributed by atoms with Crippen molar-refractivity contribution >= 4 is 49.9 Å². The number of nitrogens with zero attached hydrogens (tertiary/aromatic N) is 1. The second-order valence-corrected chi connectivity index (χ2v) is 8.94. The zero-order chi connectivity index (χ0) is 20.1. The highest BCUT2D eigenvalue weighted by molar-refractivity contribution is 14.1. The van der Waals surface area contributed by atoms with Crippen LogP contribution in [-0.4, -0.2) is 20.9 Å². The summed E-state index contributed by atoms with van der Waals surface area (Å²) in [4.78, 5) is 12.5. The molecule has 0 atom stereocenters. The molecule has 1 N–H and O–H groups in total. The van der Waals surface area contributed by atoms with E-state index < -0.39 is 28.3 Å².